The molecule has 18 heavy (non-hydrogen) atoms. The number of carbonyl (C=O) groups excluding carboxylic acids is 1. The van der Waals surface area contributed by atoms with Crippen LogP contribution in [0.4, 0.5) is 0 Å². The molecule has 2 rings (SSSR count). The van der Waals surface area contributed by atoms with Crippen LogP contribution in [0.1, 0.15) is 15.2 Å². The zero-order chi connectivity index (χ0) is 13.1. The molecule has 0 bridgehead atoms. The Hall–Kier alpha value is -0.110. The molecule has 0 spiro atoms. The van der Waals surface area contributed by atoms with Crippen LogP contribution in [0.25, 0.3) is 0 Å². The van der Waals surface area contributed by atoms with E-state index in [9.17, 15) is 4.79 Å². The first-order chi connectivity index (χ1) is 8.56. The highest BCUT2D eigenvalue weighted by Gasteiger charge is 2.08. The first-order valence-corrected chi connectivity index (χ1v) is 8.10. The number of carbonyl (C=O) groups is 1. The maximum atomic E-state index is 11.9. The van der Waals surface area contributed by atoms with Gasteiger partial charge in [0, 0.05) is 14.0 Å². The smallest absolute Gasteiger partial charge is 0.251 e. The summed E-state index contributed by atoms with van der Waals surface area (Å²) < 4.78 is 2.00. The lowest BCUT2D eigenvalue weighted by molar-refractivity contribution is 0.0951. The van der Waals surface area contributed by atoms with Gasteiger partial charge in [-0.25, -0.2) is 0 Å². The molecule has 0 saturated heterocycles. The van der Waals surface area contributed by atoms with Crippen molar-refractivity contribution in [1.29, 1.82) is 0 Å². The summed E-state index contributed by atoms with van der Waals surface area (Å²) in [6.45, 7) is 0.526. The van der Waals surface area contributed by atoms with E-state index < -0.39 is 0 Å². The van der Waals surface area contributed by atoms with E-state index in [1.807, 2.05) is 18.2 Å². The van der Waals surface area contributed by atoms with Crippen molar-refractivity contribution in [2.45, 2.75) is 6.54 Å². The Balaban J connectivity index is 2.01. The van der Waals surface area contributed by atoms with Crippen molar-refractivity contribution >= 4 is 67.4 Å². The Kier molecular flexibility index (Phi) is 5.06. The Morgan fingerprint density at radius 2 is 2.17 bits per heavy atom. The quantitative estimate of drug-likeness (QED) is 0.667. The summed E-state index contributed by atoms with van der Waals surface area (Å²) in [7, 11) is 0. The molecule has 0 fully saturated rings. The monoisotopic (exact) mass is 455 g/mol. The molecule has 0 aliphatic carbocycles. The van der Waals surface area contributed by atoms with Crippen LogP contribution in [0, 0.1) is 3.57 Å². The van der Waals surface area contributed by atoms with Gasteiger partial charge in [-0.15, -0.1) is 11.3 Å². The third-order valence-electron chi connectivity index (χ3n) is 2.23. The number of nitrogens with one attached hydrogen (secondary N) is 1. The molecule has 6 heteroatoms. The van der Waals surface area contributed by atoms with Crippen molar-refractivity contribution < 1.29 is 4.79 Å². The van der Waals surface area contributed by atoms with Crippen molar-refractivity contribution in [3.05, 3.63) is 53.2 Å². The van der Waals surface area contributed by atoms with Gasteiger partial charge in [0.25, 0.3) is 5.91 Å². The van der Waals surface area contributed by atoms with Crippen LogP contribution in [0.5, 0.6) is 0 Å². The van der Waals surface area contributed by atoms with Crippen LogP contribution >= 0.6 is 61.5 Å². The fourth-order valence-corrected chi connectivity index (χ4v) is 3.29. The number of thiophene rings is 1. The van der Waals surface area contributed by atoms with E-state index in [1.54, 1.807) is 23.5 Å². The number of benzene rings is 1. The summed E-state index contributed by atoms with van der Waals surface area (Å²) in [6.07, 6.45) is 0. The van der Waals surface area contributed by atoms with Gasteiger partial charge in [0.15, 0.2) is 0 Å². The first-order valence-electron chi connectivity index (χ1n) is 5.04. The highest BCUT2D eigenvalue weighted by molar-refractivity contribution is 14.1. The lowest BCUT2D eigenvalue weighted by atomic mass is 10.2. The number of halogens is 3. The van der Waals surface area contributed by atoms with Crippen molar-refractivity contribution in [3.63, 3.8) is 0 Å². The van der Waals surface area contributed by atoms with Crippen molar-refractivity contribution in [2.24, 2.45) is 0 Å². The topological polar surface area (TPSA) is 29.1 Å². The lowest BCUT2D eigenvalue weighted by Gasteiger charge is -2.04. The van der Waals surface area contributed by atoms with Crippen molar-refractivity contribution in [1.82, 2.24) is 5.32 Å². The summed E-state index contributed by atoms with van der Waals surface area (Å²) in [4.78, 5) is 13.0. The Bertz CT molecular complexity index is 587. The van der Waals surface area contributed by atoms with Crippen LogP contribution in [-0.2, 0) is 6.54 Å². The van der Waals surface area contributed by atoms with E-state index in [2.05, 4.69) is 43.8 Å². The average molecular weight is 457 g/mol. The van der Waals surface area contributed by atoms with Crippen LogP contribution in [-0.4, -0.2) is 5.91 Å². The molecule has 0 unspecified atom stereocenters. The molecule has 1 aromatic carbocycles. The van der Waals surface area contributed by atoms with E-state index in [4.69, 9.17) is 11.6 Å². The Labute approximate surface area is 136 Å². The highest BCUT2D eigenvalue weighted by Crippen LogP contribution is 2.22. The van der Waals surface area contributed by atoms with E-state index in [1.165, 1.54) is 0 Å². The fraction of sp³-hybridized carbons (Fsp3) is 0.0833. The molecule has 1 amide bonds. The predicted octanol–water partition coefficient (Wildman–Crippen LogP) is 4.70. The molecule has 0 saturated carbocycles. The third kappa shape index (κ3) is 3.69. The van der Waals surface area contributed by atoms with E-state index in [-0.39, 0.29) is 5.91 Å². The zero-order valence-electron chi connectivity index (χ0n) is 9.04. The first kappa shape index (κ1) is 14.3. The third-order valence-corrected chi connectivity index (χ3v) is 5.43. The minimum atomic E-state index is -0.113. The van der Waals surface area contributed by atoms with Crippen molar-refractivity contribution in [3.8, 4) is 0 Å². The summed E-state index contributed by atoms with van der Waals surface area (Å²) in [5, 5.41) is 3.46. The van der Waals surface area contributed by atoms with Gasteiger partial charge in [-0.05, 0) is 68.9 Å². The molecule has 2 aromatic rings. The number of hydrogen-bond acceptors (Lipinski definition) is 2. The molecule has 0 atom stereocenters. The summed E-state index contributed by atoms with van der Waals surface area (Å²) in [5.74, 6) is -0.113. The van der Waals surface area contributed by atoms with Gasteiger partial charge >= 0.3 is 0 Å². The molecular formula is C12H8BrClINOS. The average Bonchev–Trinajstić information content (AvgIpc) is 2.75. The van der Waals surface area contributed by atoms with E-state index >= 15 is 0 Å². The molecule has 1 aromatic heterocycles. The van der Waals surface area contributed by atoms with E-state index in [0.29, 0.717) is 17.1 Å². The van der Waals surface area contributed by atoms with Gasteiger partial charge in [0.05, 0.1) is 15.4 Å². The van der Waals surface area contributed by atoms with Gasteiger partial charge in [-0.2, -0.15) is 0 Å². The van der Waals surface area contributed by atoms with Crippen LogP contribution in [0.2, 0.25) is 5.02 Å². The second-order valence-electron chi connectivity index (χ2n) is 3.52. The fourth-order valence-electron chi connectivity index (χ4n) is 1.35. The molecular weight excluding hydrogens is 448 g/mol. The summed E-state index contributed by atoms with van der Waals surface area (Å²) in [5.41, 5.74) is 0.580. The molecule has 0 aliphatic heterocycles. The van der Waals surface area contributed by atoms with Gasteiger partial charge in [0.2, 0.25) is 0 Å². The number of amides is 1. The van der Waals surface area contributed by atoms with Crippen LogP contribution < -0.4 is 5.32 Å². The zero-order valence-corrected chi connectivity index (χ0v) is 14.4. The standard InChI is InChI=1S/C12H8BrClINOS/c13-11-4-2-8(18-11)6-16-12(17)7-1-3-10(15)9(14)5-7/h1-5H,6H2,(H,16,17). The summed E-state index contributed by atoms with van der Waals surface area (Å²) >= 11 is 13.1. The second-order valence-corrected chi connectivity index (χ2v) is 7.63. The van der Waals surface area contributed by atoms with Crippen LogP contribution in [0.15, 0.2) is 34.1 Å². The molecule has 94 valence electrons. The lowest BCUT2D eigenvalue weighted by Crippen LogP contribution is -2.22. The van der Waals surface area contributed by atoms with E-state index in [0.717, 1.165) is 12.2 Å². The van der Waals surface area contributed by atoms with Gasteiger partial charge < -0.3 is 5.32 Å². The minimum absolute atomic E-state index is 0.113. The maximum absolute atomic E-state index is 11.9. The second kappa shape index (κ2) is 6.36. The number of hydrogen-bond donors (Lipinski definition) is 1. The molecule has 0 radical (unpaired) electrons. The van der Waals surface area contributed by atoms with Crippen molar-refractivity contribution in [2.75, 3.05) is 0 Å². The minimum Gasteiger partial charge on any atom is -0.347 e. The summed E-state index contributed by atoms with van der Waals surface area (Å²) in [6, 6.07) is 9.24. The molecule has 1 heterocycles. The molecule has 0 aliphatic rings. The molecule has 1 N–H and O–H groups in total. The molecule has 2 nitrogen and oxygen atoms in total. The highest BCUT2D eigenvalue weighted by atomic mass is 127. The Morgan fingerprint density at radius 1 is 1.39 bits per heavy atom. The van der Waals surface area contributed by atoms with Gasteiger partial charge in [0.1, 0.15) is 0 Å². The normalized spacial score (nSPS) is 10.4. The van der Waals surface area contributed by atoms with Crippen LogP contribution in [0.3, 0.4) is 0 Å². The number of rotatable bonds is 3. The predicted molar refractivity (Wildman–Crippen MR) is 87.4 cm³/mol. The van der Waals surface area contributed by atoms with Gasteiger partial charge in [-0.1, -0.05) is 11.6 Å². The van der Waals surface area contributed by atoms with Gasteiger partial charge in [-0.3, -0.25) is 4.79 Å². The maximum Gasteiger partial charge on any atom is 0.251 e. The largest absolute Gasteiger partial charge is 0.347 e. The Morgan fingerprint density at radius 3 is 2.78 bits per heavy atom. The SMILES string of the molecule is O=C(NCc1ccc(Br)s1)c1ccc(I)c(Cl)c1.